The molecule has 3 aromatic carbocycles. The van der Waals surface area contributed by atoms with Crippen LogP contribution in [0.5, 0.6) is 5.75 Å². The molecule has 180 valence electrons. The molecule has 7 heteroatoms. The summed E-state index contributed by atoms with van der Waals surface area (Å²) in [4.78, 5) is 33.1. The van der Waals surface area contributed by atoms with Crippen LogP contribution in [0.4, 0.5) is 0 Å². The van der Waals surface area contributed by atoms with E-state index in [0.717, 1.165) is 11.1 Å². The van der Waals surface area contributed by atoms with E-state index in [1.54, 1.807) is 35.8 Å². The maximum Gasteiger partial charge on any atom is 0.266 e. The smallest absolute Gasteiger partial charge is 0.266 e. The molecule has 0 aliphatic rings. The Morgan fingerprint density at radius 2 is 1.77 bits per heavy atom. The Labute approximate surface area is 204 Å². The third kappa shape index (κ3) is 5.10. The minimum Gasteiger partial charge on any atom is -0.495 e. The summed E-state index contributed by atoms with van der Waals surface area (Å²) >= 11 is 0. The van der Waals surface area contributed by atoms with E-state index >= 15 is 0 Å². The quantitative estimate of drug-likeness (QED) is 0.380. The Balaban J connectivity index is 1.71. The number of para-hydroxylation sites is 1. The lowest BCUT2D eigenvalue weighted by molar-refractivity contribution is -0.137. The second-order valence-corrected chi connectivity index (χ2v) is 8.46. The van der Waals surface area contributed by atoms with Crippen molar-refractivity contribution >= 4 is 16.8 Å². The third-order valence-electron chi connectivity index (χ3n) is 6.06. The highest BCUT2D eigenvalue weighted by Gasteiger charge is 2.25. The fourth-order valence-electron chi connectivity index (χ4n) is 3.96. The maximum atomic E-state index is 13.7. The van der Waals surface area contributed by atoms with Crippen LogP contribution < -0.4 is 10.3 Å². The van der Waals surface area contributed by atoms with Crippen LogP contribution in [0, 0.1) is 6.92 Å². The number of rotatable bonds is 8. The second kappa shape index (κ2) is 10.5. The van der Waals surface area contributed by atoms with E-state index in [0.29, 0.717) is 34.8 Å². The van der Waals surface area contributed by atoms with E-state index < -0.39 is 6.04 Å². The molecule has 0 bridgehead atoms. The lowest BCUT2D eigenvalue weighted by atomic mass is 10.1. The zero-order valence-electron chi connectivity index (χ0n) is 20.4. The number of fused-ring (bicyclic) bond motifs is 1. The average molecular weight is 472 g/mol. The number of nitrogens with zero attached hydrogens (tertiary/aromatic N) is 3. The van der Waals surface area contributed by atoms with Crippen molar-refractivity contribution in [3.8, 4) is 11.4 Å². The highest BCUT2D eigenvalue weighted by atomic mass is 16.5. The topological polar surface area (TPSA) is 73.7 Å². The van der Waals surface area contributed by atoms with Crippen molar-refractivity contribution in [2.45, 2.75) is 26.5 Å². The first-order valence-electron chi connectivity index (χ1n) is 11.4. The monoisotopic (exact) mass is 471 g/mol. The fourth-order valence-corrected chi connectivity index (χ4v) is 3.96. The van der Waals surface area contributed by atoms with Gasteiger partial charge < -0.3 is 14.4 Å². The molecule has 0 N–H and O–H groups in total. The van der Waals surface area contributed by atoms with Crippen molar-refractivity contribution in [3.63, 3.8) is 0 Å². The van der Waals surface area contributed by atoms with Crippen LogP contribution >= 0.6 is 0 Å². The molecule has 0 saturated carbocycles. The van der Waals surface area contributed by atoms with Gasteiger partial charge in [-0.2, -0.15) is 0 Å². The number of aromatic nitrogens is 2. The lowest BCUT2D eigenvalue weighted by Crippen LogP contribution is -2.36. The van der Waals surface area contributed by atoms with Crippen LogP contribution in [0.1, 0.15) is 29.9 Å². The van der Waals surface area contributed by atoms with Gasteiger partial charge in [-0.1, -0.05) is 48.5 Å². The molecule has 4 aromatic rings. The standard InChI is InChI=1S/C28H29N3O4/c1-19-14-15-25(34-4)24(16-19)31-27(29-23-13-9-8-12-22(23)28(31)33)20(2)30(3)26(32)18-35-17-21-10-6-5-7-11-21/h5-16,20H,17-18H2,1-4H3. The Hall–Kier alpha value is -3.97. The van der Waals surface area contributed by atoms with Gasteiger partial charge in [-0.25, -0.2) is 4.98 Å². The van der Waals surface area contributed by atoms with Crippen LogP contribution in [0.25, 0.3) is 16.6 Å². The number of carbonyl (C=O) groups is 1. The molecule has 35 heavy (non-hydrogen) atoms. The largest absolute Gasteiger partial charge is 0.495 e. The van der Waals surface area contributed by atoms with E-state index in [1.807, 2.05) is 74.5 Å². The molecular formula is C28H29N3O4. The molecule has 1 heterocycles. The fraction of sp³-hybridized carbons (Fsp3) is 0.250. The average Bonchev–Trinajstić information content (AvgIpc) is 2.88. The number of methoxy groups -OCH3 is 1. The van der Waals surface area contributed by atoms with Crippen molar-refractivity contribution in [2.75, 3.05) is 20.8 Å². The summed E-state index contributed by atoms with van der Waals surface area (Å²) in [6.45, 7) is 4.06. The summed E-state index contributed by atoms with van der Waals surface area (Å²) in [7, 11) is 3.26. The van der Waals surface area contributed by atoms with Gasteiger partial charge in [0.1, 0.15) is 18.2 Å². The molecule has 0 fully saturated rings. The Morgan fingerprint density at radius 1 is 1.06 bits per heavy atom. The van der Waals surface area contributed by atoms with Crippen molar-refractivity contribution < 1.29 is 14.3 Å². The van der Waals surface area contributed by atoms with Gasteiger partial charge in [-0.15, -0.1) is 0 Å². The normalized spacial score (nSPS) is 11.9. The summed E-state index contributed by atoms with van der Waals surface area (Å²) in [5.41, 5.74) is 2.90. The summed E-state index contributed by atoms with van der Waals surface area (Å²) in [5, 5.41) is 0.493. The van der Waals surface area contributed by atoms with Gasteiger partial charge in [0.05, 0.1) is 36.3 Å². The van der Waals surface area contributed by atoms with E-state index in [-0.39, 0.29) is 18.1 Å². The molecule has 0 aliphatic carbocycles. The van der Waals surface area contributed by atoms with Crippen molar-refractivity contribution in [1.29, 1.82) is 0 Å². The van der Waals surface area contributed by atoms with E-state index in [1.165, 1.54) is 0 Å². The first-order valence-corrected chi connectivity index (χ1v) is 11.4. The number of carbonyl (C=O) groups excluding carboxylic acids is 1. The number of hydrogen-bond donors (Lipinski definition) is 0. The summed E-state index contributed by atoms with van der Waals surface area (Å²) < 4.78 is 12.8. The van der Waals surface area contributed by atoms with Gasteiger partial charge in [0.15, 0.2) is 0 Å². The summed E-state index contributed by atoms with van der Waals surface area (Å²) in [5.74, 6) is 0.776. The van der Waals surface area contributed by atoms with Gasteiger partial charge in [0, 0.05) is 7.05 Å². The van der Waals surface area contributed by atoms with Crippen molar-refractivity contribution in [2.24, 2.45) is 0 Å². The second-order valence-electron chi connectivity index (χ2n) is 8.46. The SMILES string of the molecule is COc1ccc(C)cc1-n1c(C(C)N(C)C(=O)COCc2ccccc2)nc2ccccc2c1=O. The molecule has 7 nitrogen and oxygen atoms in total. The Bertz CT molecular complexity index is 1400. The van der Waals surface area contributed by atoms with Crippen LogP contribution in [-0.2, 0) is 16.1 Å². The third-order valence-corrected chi connectivity index (χ3v) is 6.06. The van der Waals surface area contributed by atoms with E-state index in [2.05, 4.69) is 0 Å². The highest BCUT2D eigenvalue weighted by molar-refractivity contribution is 5.79. The highest BCUT2D eigenvalue weighted by Crippen LogP contribution is 2.28. The minimum absolute atomic E-state index is 0.0820. The van der Waals surface area contributed by atoms with Gasteiger partial charge in [-0.05, 0) is 49.2 Å². The molecule has 0 saturated heterocycles. The van der Waals surface area contributed by atoms with Crippen LogP contribution in [0.3, 0.4) is 0 Å². The zero-order valence-corrected chi connectivity index (χ0v) is 20.4. The molecule has 0 aliphatic heterocycles. The summed E-state index contributed by atoms with van der Waals surface area (Å²) in [6, 6.07) is 22.0. The molecule has 1 unspecified atom stereocenters. The number of ether oxygens (including phenoxy) is 2. The maximum absolute atomic E-state index is 13.7. The van der Waals surface area contributed by atoms with Crippen LogP contribution in [0.2, 0.25) is 0 Å². The first-order chi connectivity index (χ1) is 16.9. The molecule has 1 aromatic heterocycles. The molecule has 0 spiro atoms. The van der Waals surface area contributed by atoms with Crippen LogP contribution in [-0.4, -0.2) is 41.1 Å². The predicted molar refractivity (Wildman–Crippen MR) is 136 cm³/mol. The molecule has 4 rings (SSSR count). The Kier molecular flexibility index (Phi) is 7.27. The zero-order chi connectivity index (χ0) is 24.9. The van der Waals surface area contributed by atoms with Crippen molar-refractivity contribution in [3.05, 3.63) is 100 Å². The predicted octanol–water partition coefficient (Wildman–Crippen LogP) is 4.44. The Morgan fingerprint density at radius 3 is 2.51 bits per heavy atom. The number of hydrogen-bond acceptors (Lipinski definition) is 5. The van der Waals surface area contributed by atoms with Crippen molar-refractivity contribution in [1.82, 2.24) is 14.5 Å². The number of likely N-dealkylation sites (N-methyl/N-ethyl adjacent to an activating group) is 1. The number of aryl methyl sites for hydroxylation is 1. The molecular weight excluding hydrogens is 442 g/mol. The minimum atomic E-state index is -0.509. The van der Waals surface area contributed by atoms with Gasteiger partial charge in [-0.3, -0.25) is 14.2 Å². The number of benzene rings is 3. The lowest BCUT2D eigenvalue weighted by Gasteiger charge is -2.27. The van der Waals surface area contributed by atoms with E-state index in [9.17, 15) is 9.59 Å². The van der Waals surface area contributed by atoms with Gasteiger partial charge >= 0.3 is 0 Å². The number of amides is 1. The van der Waals surface area contributed by atoms with E-state index in [4.69, 9.17) is 14.5 Å². The molecule has 0 radical (unpaired) electrons. The van der Waals surface area contributed by atoms with Gasteiger partial charge in [0.2, 0.25) is 5.91 Å². The van der Waals surface area contributed by atoms with Crippen LogP contribution in [0.15, 0.2) is 77.6 Å². The molecule has 1 amide bonds. The molecule has 1 atom stereocenters. The van der Waals surface area contributed by atoms with Gasteiger partial charge in [0.25, 0.3) is 5.56 Å². The summed E-state index contributed by atoms with van der Waals surface area (Å²) in [6.07, 6.45) is 0. The first kappa shape index (κ1) is 24.2.